The number of carbonyl (C=O) groups excluding carboxylic acids is 1. The number of aliphatic carboxylic acids is 1. The van der Waals surface area contributed by atoms with Crippen molar-refractivity contribution in [1.29, 1.82) is 0 Å². The summed E-state index contributed by atoms with van der Waals surface area (Å²) in [7, 11) is 1.77. The van der Waals surface area contributed by atoms with Gasteiger partial charge in [-0.15, -0.1) is 0 Å². The molecule has 7 nitrogen and oxygen atoms in total. The van der Waals surface area contributed by atoms with Gasteiger partial charge >= 0.3 is 5.97 Å². The Morgan fingerprint density at radius 2 is 1.85 bits per heavy atom. The Morgan fingerprint density at radius 1 is 1.19 bits per heavy atom. The van der Waals surface area contributed by atoms with Gasteiger partial charge in [0.05, 0.1) is 22.3 Å². The number of hydrogen-bond acceptors (Lipinski definition) is 4. The number of carboxylic acids is 1. The van der Waals surface area contributed by atoms with Crippen LogP contribution in [0.3, 0.4) is 0 Å². The van der Waals surface area contributed by atoms with Crippen LogP contribution in [0, 0.1) is 12.8 Å². The average Bonchev–Trinajstić information content (AvgIpc) is 2.93. The highest BCUT2D eigenvalue weighted by molar-refractivity contribution is 6.08. The summed E-state index contributed by atoms with van der Waals surface area (Å²) in [5.74, 6) is -1.75. The molecule has 0 unspecified atom stereocenters. The van der Waals surface area contributed by atoms with E-state index in [0.29, 0.717) is 28.0 Å². The Balaban J connectivity index is 2.15. The SMILES string of the molecule is Cc1nn(C)c2nc(-c3ccccc3)cc(C(=O)N[C@H](C(=O)O)C(C)C)c12. The van der Waals surface area contributed by atoms with E-state index >= 15 is 0 Å². The number of pyridine rings is 1. The minimum Gasteiger partial charge on any atom is -0.480 e. The summed E-state index contributed by atoms with van der Waals surface area (Å²) in [5.41, 5.74) is 3.12. The van der Waals surface area contributed by atoms with Crippen LogP contribution in [-0.2, 0) is 11.8 Å². The van der Waals surface area contributed by atoms with Crippen LogP contribution in [0.25, 0.3) is 22.3 Å². The lowest BCUT2D eigenvalue weighted by molar-refractivity contribution is -0.140. The number of amides is 1. The largest absolute Gasteiger partial charge is 0.480 e. The van der Waals surface area contributed by atoms with E-state index in [4.69, 9.17) is 0 Å². The van der Waals surface area contributed by atoms with Crippen LogP contribution < -0.4 is 5.32 Å². The Kier molecular flexibility index (Phi) is 4.94. The highest BCUT2D eigenvalue weighted by Gasteiger charge is 2.26. The minimum absolute atomic E-state index is 0.243. The van der Waals surface area contributed by atoms with Crippen LogP contribution >= 0.6 is 0 Å². The fraction of sp³-hybridized carbons (Fsp3) is 0.300. The zero-order chi connectivity index (χ0) is 19.7. The van der Waals surface area contributed by atoms with Crippen molar-refractivity contribution in [3.8, 4) is 11.3 Å². The van der Waals surface area contributed by atoms with E-state index in [1.54, 1.807) is 38.6 Å². The predicted octanol–water partition coefficient (Wildman–Crippen LogP) is 2.78. The number of benzene rings is 1. The highest BCUT2D eigenvalue weighted by Crippen LogP contribution is 2.27. The molecule has 0 radical (unpaired) electrons. The standard InChI is InChI=1S/C20H22N4O3/c1-11(2)17(20(26)27)22-19(25)14-10-15(13-8-6-5-7-9-13)21-18-16(14)12(3)23-24(18)4/h5-11,17H,1-4H3,(H,22,25)(H,26,27)/t17-/m0/s1. The molecule has 2 N–H and O–H groups in total. The lowest BCUT2D eigenvalue weighted by atomic mass is 10.0. The fourth-order valence-corrected chi connectivity index (χ4v) is 3.11. The van der Waals surface area contributed by atoms with Gasteiger partial charge in [-0.1, -0.05) is 44.2 Å². The van der Waals surface area contributed by atoms with Gasteiger partial charge in [0.2, 0.25) is 0 Å². The summed E-state index contributed by atoms with van der Waals surface area (Å²) in [6, 6.07) is 10.2. The Labute approximate surface area is 157 Å². The Bertz CT molecular complexity index is 1010. The van der Waals surface area contributed by atoms with Crippen molar-refractivity contribution in [2.45, 2.75) is 26.8 Å². The molecule has 3 aromatic rings. The summed E-state index contributed by atoms with van der Waals surface area (Å²) in [5, 5.41) is 17.0. The molecule has 0 saturated heterocycles. The van der Waals surface area contributed by atoms with E-state index in [9.17, 15) is 14.7 Å². The van der Waals surface area contributed by atoms with Crippen LogP contribution in [0.2, 0.25) is 0 Å². The van der Waals surface area contributed by atoms with E-state index in [-0.39, 0.29) is 5.92 Å². The number of aromatic nitrogens is 3. The van der Waals surface area contributed by atoms with Crippen molar-refractivity contribution in [1.82, 2.24) is 20.1 Å². The molecule has 1 amide bonds. The molecule has 0 bridgehead atoms. The molecule has 2 aromatic heterocycles. The minimum atomic E-state index is -1.06. The van der Waals surface area contributed by atoms with Crippen LogP contribution in [0.15, 0.2) is 36.4 Å². The monoisotopic (exact) mass is 366 g/mol. The Hall–Kier alpha value is -3.22. The number of nitrogens with one attached hydrogen (secondary N) is 1. The van der Waals surface area contributed by atoms with Crippen LogP contribution in [-0.4, -0.2) is 37.8 Å². The van der Waals surface area contributed by atoms with Gasteiger partial charge in [0.15, 0.2) is 5.65 Å². The van der Waals surface area contributed by atoms with Crippen molar-refractivity contribution in [2.75, 3.05) is 0 Å². The first kappa shape index (κ1) is 18.6. The second-order valence-electron chi connectivity index (χ2n) is 6.86. The van der Waals surface area contributed by atoms with E-state index in [0.717, 1.165) is 5.56 Å². The van der Waals surface area contributed by atoms with Crippen LogP contribution in [0.1, 0.15) is 29.9 Å². The van der Waals surface area contributed by atoms with E-state index in [1.807, 2.05) is 30.3 Å². The number of fused-ring (bicyclic) bond motifs is 1. The lowest BCUT2D eigenvalue weighted by Crippen LogP contribution is -2.44. The lowest BCUT2D eigenvalue weighted by Gasteiger charge is -2.18. The third-order valence-corrected chi connectivity index (χ3v) is 4.50. The number of rotatable bonds is 5. The molecule has 7 heteroatoms. The van der Waals surface area contributed by atoms with Crippen molar-refractivity contribution in [3.05, 3.63) is 47.7 Å². The zero-order valence-electron chi connectivity index (χ0n) is 15.7. The summed E-state index contributed by atoms with van der Waals surface area (Å²) >= 11 is 0. The molecule has 0 aliphatic carbocycles. The van der Waals surface area contributed by atoms with Gasteiger partial charge in [0, 0.05) is 12.6 Å². The fourth-order valence-electron chi connectivity index (χ4n) is 3.11. The molecule has 0 spiro atoms. The first-order valence-corrected chi connectivity index (χ1v) is 8.73. The Morgan fingerprint density at radius 3 is 2.44 bits per heavy atom. The van der Waals surface area contributed by atoms with E-state index in [1.165, 1.54) is 0 Å². The maximum absolute atomic E-state index is 13.0. The first-order valence-electron chi connectivity index (χ1n) is 8.73. The normalized spacial score (nSPS) is 12.3. The zero-order valence-corrected chi connectivity index (χ0v) is 15.7. The van der Waals surface area contributed by atoms with Gasteiger partial charge in [-0.05, 0) is 18.9 Å². The third-order valence-electron chi connectivity index (χ3n) is 4.50. The van der Waals surface area contributed by atoms with Gasteiger partial charge in [-0.25, -0.2) is 9.78 Å². The second kappa shape index (κ2) is 7.19. The summed E-state index contributed by atoms with van der Waals surface area (Å²) in [6.45, 7) is 5.32. The molecule has 1 atom stereocenters. The maximum Gasteiger partial charge on any atom is 0.326 e. The quantitative estimate of drug-likeness (QED) is 0.724. The van der Waals surface area contributed by atoms with Gasteiger partial charge in [-0.3, -0.25) is 9.48 Å². The average molecular weight is 366 g/mol. The molecular weight excluding hydrogens is 344 g/mol. The van der Waals surface area contributed by atoms with Gasteiger partial charge in [0.25, 0.3) is 5.91 Å². The molecule has 27 heavy (non-hydrogen) atoms. The number of nitrogens with zero attached hydrogens (tertiary/aromatic N) is 3. The number of aryl methyl sites for hydroxylation is 2. The van der Waals surface area contributed by atoms with Crippen molar-refractivity contribution in [3.63, 3.8) is 0 Å². The van der Waals surface area contributed by atoms with Gasteiger partial charge < -0.3 is 10.4 Å². The van der Waals surface area contributed by atoms with Crippen molar-refractivity contribution in [2.24, 2.45) is 13.0 Å². The smallest absolute Gasteiger partial charge is 0.326 e. The van der Waals surface area contributed by atoms with Crippen molar-refractivity contribution >= 4 is 22.9 Å². The highest BCUT2D eigenvalue weighted by atomic mass is 16.4. The molecule has 0 aliphatic rings. The number of carboxylic acid groups (broad SMARTS) is 1. The summed E-state index contributed by atoms with van der Waals surface area (Å²) < 4.78 is 1.63. The topological polar surface area (TPSA) is 97.1 Å². The molecule has 3 rings (SSSR count). The van der Waals surface area contributed by atoms with E-state index in [2.05, 4.69) is 15.4 Å². The predicted molar refractivity (Wildman–Crippen MR) is 102 cm³/mol. The molecule has 2 heterocycles. The van der Waals surface area contributed by atoms with Crippen molar-refractivity contribution < 1.29 is 14.7 Å². The first-order chi connectivity index (χ1) is 12.8. The van der Waals surface area contributed by atoms with Gasteiger partial charge in [0.1, 0.15) is 6.04 Å². The number of hydrogen-bond donors (Lipinski definition) is 2. The molecule has 0 aliphatic heterocycles. The summed E-state index contributed by atoms with van der Waals surface area (Å²) in [4.78, 5) is 29.1. The summed E-state index contributed by atoms with van der Waals surface area (Å²) in [6.07, 6.45) is 0. The molecule has 0 saturated carbocycles. The van der Waals surface area contributed by atoms with Crippen LogP contribution in [0.5, 0.6) is 0 Å². The number of carbonyl (C=O) groups is 2. The molecule has 1 aromatic carbocycles. The maximum atomic E-state index is 13.0. The molecule has 140 valence electrons. The molecular formula is C20H22N4O3. The van der Waals surface area contributed by atoms with Crippen LogP contribution in [0.4, 0.5) is 0 Å². The van der Waals surface area contributed by atoms with Gasteiger partial charge in [-0.2, -0.15) is 5.10 Å². The third kappa shape index (κ3) is 3.53. The van der Waals surface area contributed by atoms with E-state index < -0.39 is 17.9 Å². The second-order valence-corrected chi connectivity index (χ2v) is 6.86. The molecule has 0 fully saturated rings.